The zero-order valence-corrected chi connectivity index (χ0v) is 14.9. The Morgan fingerprint density at radius 2 is 1.68 bits per heavy atom. The van der Waals surface area contributed by atoms with Gasteiger partial charge in [0.05, 0.1) is 27.4 Å². The van der Waals surface area contributed by atoms with Crippen molar-refractivity contribution in [2.24, 2.45) is 0 Å². The number of aryl methyl sites for hydroxylation is 1. The number of nitrogens with zero attached hydrogens (tertiary/aromatic N) is 1. The first-order valence-corrected chi connectivity index (χ1v) is 7.88. The lowest BCUT2D eigenvalue weighted by Gasteiger charge is -2.16. The van der Waals surface area contributed by atoms with Crippen LogP contribution in [0.25, 0.3) is 5.57 Å². The van der Waals surface area contributed by atoms with Crippen molar-refractivity contribution in [1.82, 2.24) is 0 Å². The maximum atomic E-state index is 9.24. The molecule has 0 saturated heterocycles. The van der Waals surface area contributed by atoms with Crippen LogP contribution in [0.2, 0.25) is 0 Å². The molecule has 2 N–H and O–H groups in total. The first-order chi connectivity index (χ1) is 12.1. The van der Waals surface area contributed by atoms with E-state index in [0.717, 1.165) is 28.7 Å². The van der Waals surface area contributed by atoms with Crippen LogP contribution in [-0.2, 0) is 6.42 Å². The minimum atomic E-state index is 0.505. The average Bonchev–Trinajstić information content (AvgIpc) is 2.64. The van der Waals surface area contributed by atoms with Crippen molar-refractivity contribution < 1.29 is 14.2 Å². The first-order valence-electron chi connectivity index (χ1n) is 7.88. The molecule has 0 amide bonds. The van der Waals surface area contributed by atoms with Gasteiger partial charge in [-0.25, -0.2) is 0 Å². The van der Waals surface area contributed by atoms with Crippen LogP contribution >= 0.6 is 0 Å². The Kier molecular flexibility index (Phi) is 5.91. The summed E-state index contributed by atoms with van der Waals surface area (Å²) < 4.78 is 16.2. The second kappa shape index (κ2) is 8.11. The second-order valence-electron chi connectivity index (χ2n) is 5.37. The quantitative estimate of drug-likeness (QED) is 0.640. The highest BCUT2D eigenvalue weighted by molar-refractivity contribution is 5.84. The third-order valence-corrected chi connectivity index (χ3v) is 4.02. The third kappa shape index (κ3) is 3.69. The number of benzene rings is 2. The summed E-state index contributed by atoms with van der Waals surface area (Å²) in [5.74, 6) is 1.56. The van der Waals surface area contributed by atoms with E-state index in [1.807, 2.05) is 30.3 Å². The van der Waals surface area contributed by atoms with Crippen molar-refractivity contribution >= 4 is 11.3 Å². The minimum absolute atomic E-state index is 0.505. The van der Waals surface area contributed by atoms with Gasteiger partial charge in [-0.3, -0.25) is 0 Å². The van der Waals surface area contributed by atoms with Crippen LogP contribution in [0.3, 0.4) is 0 Å². The number of nitrogen functional groups attached to an aromatic ring is 1. The topological polar surface area (TPSA) is 77.5 Å². The van der Waals surface area contributed by atoms with Crippen LogP contribution in [0.1, 0.15) is 23.6 Å². The zero-order chi connectivity index (χ0) is 18.4. The number of ether oxygens (including phenoxy) is 3. The SMILES string of the molecule is CCc1ccc(/C(=C\C#N)c2cc(OC)c(OC)c(OC)c2)cc1N. The van der Waals surface area contributed by atoms with Crippen molar-refractivity contribution in [3.8, 4) is 23.3 Å². The fourth-order valence-electron chi connectivity index (χ4n) is 2.72. The lowest BCUT2D eigenvalue weighted by atomic mass is 9.95. The zero-order valence-electron chi connectivity index (χ0n) is 14.9. The van der Waals surface area contributed by atoms with Crippen molar-refractivity contribution in [1.29, 1.82) is 5.26 Å². The van der Waals surface area contributed by atoms with Crippen LogP contribution in [0.4, 0.5) is 5.69 Å². The molecule has 0 spiro atoms. The molecule has 0 radical (unpaired) electrons. The molecule has 0 aliphatic rings. The highest BCUT2D eigenvalue weighted by atomic mass is 16.5. The normalized spacial score (nSPS) is 10.9. The van der Waals surface area contributed by atoms with Gasteiger partial charge in [0.15, 0.2) is 11.5 Å². The molecule has 0 aliphatic heterocycles. The maximum Gasteiger partial charge on any atom is 0.203 e. The van der Waals surface area contributed by atoms with Gasteiger partial charge in [-0.2, -0.15) is 5.26 Å². The van der Waals surface area contributed by atoms with Gasteiger partial charge in [0, 0.05) is 11.8 Å². The Balaban J connectivity index is 2.64. The molecular formula is C20H22N2O3. The van der Waals surface area contributed by atoms with Crippen molar-refractivity contribution in [3.05, 3.63) is 53.1 Å². The van der Waals surface area contributed by atoms with Crippen LogP contribution in [-0.4, -0.2) is 21.3 Å². The molecule has 0 fully saturated rings. The summed E-state index contributed by atoms with van der Waals surface area (Å²) in [7, 11) is 4.67. The van der Waals surface area contributed by atoms with E-state index in [1.54, 1.807) is 21.3 Å². The Bertz CT molecular complexity index is 810. The molecular weight excluding hydrogens is 316 g/mol. The third-order valence-electron chi connectivity index (χ3n) is 4.02. The van der Waals surface area contributed by atoms with Crippen molar-refractivity contribution in [2.45, 2.75) is 13.3 Å². The van der Waals surface area contributed by atoms with Gasteiger partial charge in [-0.1, -0.05) is 19.1 Å². The number of nitrogens with two attached hydrogens (primary N) is 1. The minimum Gasteiger partial charge on any atom is -0.493 e. The lowest BCUT2D eigenvalue weighted by Crippen LogP contribution is -1.99. The van der Waals surface area contributed by atoms with E-state index in [4.69, 9.17) is 19.9 Å². The number of nitriles is 1. The van der Waals surface area contributed by atoms with E-state index in [-0.39, 0.29) is 0 Å². The summed E-state index contributed by atoms with van der Waals surface area (Å²) in [6.07, 6.45) is 2.34. The van der Waals surface area contributed by atoms with Gasteiger partial charge < -0.3 is 19.9 Å². The fourth-order valence-corrected chi connectivity index (χ4v) is 2.72. The van der Waals surface area contributed by atoms with E-state index in [0.29, 0.717) is 22.9 Å². The number of methoxy groups -OCH3 is 3. The molecule has 130 valence electrons. The largest absolute Gasteiger partial charge is 0.493 e. The van der Waals surface area contributed by atoms with E-state index in [1.165, 1.54) is 6.08 Å². The highest BCUT2D eigenvalue weighted by Crippen LogP contribution is 2.41. The van der Waals surface area contributed by atoms with Gasteiger partial charge >= 0.3 is 0 Å². The van der Waals surface area contributed by atoms with Crippen molar-refractivity contribution in [3.63, 3.8) is 0 Å². The van der Waals surface area contributed by atoms with Gasteiger partial charge in [0.25, 0.3) is 0 Å². The molecule has 2 aromatic rings. The summed E-state index contributed by atoms with van der Waals surface area (Å²) in [6.45, 7) is 2.05. The Labute approximate surface area is 148 Å². The van der Waals surface area contributed by atoms with Gasteiger partial charge in [-0.05, 0) is 46.9 Å². The maximum absolute atomic E-state index is 9.24. The Hall–Kier alpha value is -3.13. The molecule has 5 heteroatoms. The second-order valence-corrected chi connectivity index (χ2v) is 5.37. The predicted molar refractivity (Wildman–Crippen MR) is 99.0 cm³/mol. The Morgan fingerprint density at radius 1 is 1.04 bits per heavy atom. The van der Waals surface area contributed by atoms with E-state index in [2.05, 4.69) is 13.0 Å². The molecule has 0 atom stereocenters. The number of hydrogen-bond acceptors (Lipinski definition) is 5. The number of hydrogen-bond donors (Lipinski definition) is 1. The average molecular weight is 338 g/mol. The molecule has 2 aromatic carbocycles. The molecule has 0 saturated carbocycles. The summed E-state index contributed by atoms with van der Waals surface area (Å²) >= 11 is 0. The summed E-state index contributed by atoms with van der Waals surface area (Å²) in [5.41, 5.74) is 10.3. The number of anilines is 1. The molecule has 0 heterocycles. The van der Waals surface area contributed by atoms with Gasteiger partial charge in [0.1, 0.15) is 0 Å². The molecule has 0 aliphatic carbocycles. The molecule has 0 aromatic heterocycles. The number of rotatable bonds is 6. The molecule has 5 nitrogen and oxygen atoms in total. The highest BCUT2D eigenvalue weighted by Gasteiger charge is 2.16. The summed E-state index contributed by atoms with van der Waals surface area (Å²) in [5, 5.41) is 9.24. The number of allylic oxidation sites excluding steroid dienone is 1. The van der Waals surface area contributed by atoms with Crippen LogP contribution in [0.15, 0.2) is 36.4 Å². The molecule has 25 heavy (non-hydrogen) atoms. The fraction of sp³-hybridized carbons (Fsp3) is 0.250. The first kappa shape index (κ1) is 18.2. The van der Waals surface area contributed by atoms with Crippen LogP contribution in [0.5, 0.6) is 17.2 Å². The summed E-state index contributed by atoms with van der Waals surface area (Å²) in [4.78, 5) is 0. The molecule has 0 unspecified atom stereocenters. The van der Waals surface area contributed by atoms with Crippen LogP contribution in [0, 0.1) is 11.3 Å². The van der Waals surface area contributed by atoms with E-state index in [9.17, 15) is 5.26 Å². The van der Waals surface area contributed by atoms with Gasteiger partial charge in [-0.15, -0.1) is 0 Å². The van der Waals surface area contributed by atoms with Crippen LogP contribution < -0.4 is 19.9 Å². The smallest absolute Gasteiger partial charge is 0.203 e. The predicted octanol–water partition coefficient (Wildman–Crippen LogP) is 3.81. The molecule has 2 rings (SSSR count). The van der Waals surface area contributed by atoms with Gasteiger partial charge in [0.2, 0.25) is 5.75 Å². The summed E-state index contributed by atoms with van der Waals surface area (Å²) in [6, 6.07) is 11.5. The monoisotopic (exact) mass is 338 g/mol. The standard InChI is InChI=1S/C20H22N2O3/c1-5-13-6-7-14(10-17(13)22)16(8-9-21)15-11-18(23-2)20(25-4)19(12-15)24-3/h6-8,10-12H,5,22H2,1-4H3/b16-8+. The Morgan fingerprint density at radius 3 is 2.12 bits per heavy atom. The van der Waals surface area contributed by atoms with E-state index < -0.39 is 0 Å². The van der Waals surface area contributed by atoms with E-state index >= 15 is 0 Å². The lowest BCUT2D eigenvalue weighted by molar-refractivity contribution is 0.324. The van der Waals surface area contributed by atoms with Crippen molar-refractivity contribution in [2.75, 3.05) is 27.1 Å². The molecule has 0 bridgehead atoms.